The van der Waals surface area contributed by atoms with Crippen LogP contribution in [-0.4, -0.2) is 12.5 Å². The van der Waals surface area contributed by atoms with Gasteiger partial charge in [-0.25, -0.2) is 0 Å². The number of nitrogens with one attached hydrogen (secondary N) is 1. The Labute approximate surface area is 98.1 Å². The molecule has 1 aromatic rings. The average molecular weight is 219 g/mol. The number of carbonyl (C=O) groups is 1. The minimum absolute atomic E-state index is 0.157. The van der Waals surface area contributed by atoms with E-state index in [1.54, 1.807) is 0 Å². The molecule has 1 amide bonds. The molecule has 0 aromatic heterocycles. The number of amides is 1. The first kappa shape index (κ1) is 12.8. The molecule has 88 valence electrons. The number of carbonyl (C=O) groups excluding carboxylic acids is 1. The monoisotopic (exact) mass is 219 g/mol. The van der Waals surface area contributed by atoms with Gasteiger partial charge in [-0.1, -0.05) is 50.6 Å². The van der Waals surface area contributed by atoms with Gasteiger partial charge in [0.15, 0.2) is 0 Å². The van der Waals surface area contributed by atoms with Gasteiger partial charge in [0.2, 0.25) is 5.91 Å². The van der Waals surface area contributed by atoms with Crippen LogP contribution in [-0.2, 0) is 4.79 Å². The van der Waals surface area contributed by atoms with E-state index in [2.05, 4.69) is 31.3 Å². The Morgan fingerprint density at radius 3 is 2.62 bits per heavy atom. The number of unbranched alkanes of at least 4 members (excludes halogenated alkanes) is 1. The number of hydrogen-bond acceptors (Lipinski definition) is 1. The summed E-state index contributed by atoms with van der Waals surface area (Å²) in [4.78, 5) is 11.6. The van der Waals surface area contributed by atoms with Gasteiger partial charge in [-0.05, 0) is 17.9 Å². The molecule has 0 aliphatic rings. The molecule has 16 heavy (non-hydrogen) atoms. The fourth-order valence-electron chi connectivity index (χ4n) is 1.65. The number of benzene rings is 1. The highest BCUT2D eigenvalue weighted by Gasteiger charge is 2.09. The number of hydrogen-bond donors (Lipinski definition) is 1. The van der Waals surface area contributed by atoms with Gasteiger partial charge >= 0.3 is 0 Å². The summed E-state index contributed by atoms with van der Waals surface area (Å²) in [5.41, 5.74) is 1.23. The van der Waals surface area contributed by atoms with Gasteiger partial charge in [0.1, 0.15) is 0 Å². The molecule has 1 rings (SSSR count). The lowest BCUT2D eigenvalue weighted by Crippen LogP contribution is -2.25. The van der Waals surface area contributed by atoms with Crippen molar-refractivity contribution in [2.24, 2.45) is 0 Å². The van der Waals surface area contributed by atoms with Crippen molar-refractivity contribution in [3.8, 4) is 0 Å². The third-order valence-electron chi connectivity index (χ3n) is 2.71. The highest BCUT2D eigenvalue weighted by atomic mass is 16.1. The maximum atomic E-state index is 11.6. The maximum absolute atomic E-state index is 11.6. The van der Waals surface area contributed by atoms with E-state index in [1.807, 2.05) is 18.2 Å². The summed E-state index contributed by atoms with van der Waals surface area (Å²) in [6.07, 6.45) is 2.76. The predicted molar refractivity (Wildman–Crippen MR) is 67.4 cm³/mol. The van der Waals surface area contributed by atoms with Crippen molar-refractivity contribution >= 4 is 5.91 Å². The fourth-order valence-corrected chi connectivity index (χ4v) is 1.65. The van der Waals surface area contributed by atoms with Gasteiger partial charge < -0.3 is 5.32 Å². The van der Waals surface area contributed by atoms with Gasteiger partial charge in [-0.15, -0.1) is 0 Å². The van der Waals surface area contributed by atoms with Gasteiger partial charge in [0, 0.05) is 13.0 Å². The van der Waals surface area contributed by atoms with Crippen LogP contribution in [0.25, 0.3) is 0 Å². The minimum atomic E-state index is 0.157. The molecule has 1 aromatic carbocycles. The van der Waals surface area contributed by atoms with Crippen LogP contribution in [0, 0.1) is 0 Å². The van der Waals surface area contributed by atoms with E-state index >= 15 is 0 Å². The van der Waals surface area contributed by atoms with Crippen molar-refractivity contribution in [2.75, 3.05) is 6.54 Å². The van der Waals surface area contributed by atoms with Crippen LogP contribution in [0.15, 0.2) is 30.3 Å². The third kappa shape index (κ3) is 4.47. The van der Waals surface area contributed by atoms with Crippen LogP contribution in [0.5, 0.6) is 0 Å². The van der Waals surface area contributed by atoms with Crippen LogP contribution >= 0.6 is 0 Å². The lowest BCUT2D eigenvalue weighted by molar-refractivity contribution is -0.121. The van der Waals surface area contributed by atoms with Crippen LogP contribution in [0.4, 0.5) is 0 Å². The first-order chi connectivity index (χ1) is 7.74. The highest BCUT2D eigenvalue weighted by molar-refractivity contribution is 5.76. The van der Waals surface area contributed by atoms with E-state index in [0.29, 0.717) is 12.3 Å². The van der Waals surface area contributed by atoms with Crippen molar-refractivity contribution in [3.63, 3.8) is 0 Å². The summed E-state index contributed by atoms with van der Waals surface area (Å²) in [7, 11) is 0. The molecule has 1 atom stereocenters. The molecule has 0 radical (unpaired) electrons. The third-order valence-corrected chi connectivity index (χ3v) is 2.71. The van der Waals surface area contributed by atoms with Gasteiger partial charge in [0.05, 0.1) is 0 Å². The molecule has 1 N–H and O–H groups in total. The summed E-state index contributed by atoms with van der Waals surface area (Å²) >= 11 is 0. The molecular weight excluding hydrogens is 198 g/mol. The van der Waals surface area contributed by atoms with Crippen molar-refractivity contribution in [2.45, 2.75) is 39.0 Å². The summed E-state index contributed by atoms with van der Waals surface area (Å²) < 4.78 is 0. The lowest BCUT2D eigenvalue weighted by atomic mass is 9.97. The molecule has 0 aliphatic carbocycles. The number of rotatable bonds is 6. The average Bonchev–Trinajstić information content (AvgIpc) is 2.30. The molecule has 0 saturated heterocycles. The van der Waals surface area contributed by atoms with E-state index < -0.39 is 0 Å². The Morgan fingerprint density at radius 1 is 1.31 bits per heavy atom. The zero-order valence-electron chi connectivity index (χ0n) is 10.2. The predicted octanol–water partition coefficient (Wildman–Crippen LogP) is 3.10. The largest absolute Gasteiger partial charge is 0.356 e. The fraction of sp³-hybridized carbons (Fsp3) is 0.500. The topological polar surface area (TPSA) is 29.1 Å². The summed E-state index contributed by atoms with van der Waals surface area (Å²) in [6.45, 7) is 5.02. The first-order valence-electron chi connectivity index (χ1n) is 6.05. The van der Waals surface area contributed by atoms with Gasteiger partial charge in [-0.3, -0.25) is 4.79 Å². The summed E-state index contributed by atoms with van der Waals surface area (Å²) in [6, 6.07) is 10.2. The van der Waals surface area contributed by atoms with Crippen LogP contribution in [0.3, 0.4) is 0 Å². The Bertz CT molecular complexity index is 308. The maximum Gasteiger partial charge on any atom is 0.220 e. The molecule has 0 fully saturated rings. The van der Waals surface area contributed by atoms with Crippen molar-refractivity contribution in [3.05, 3.63) is 35.9 Å². The molecule has 0 aliphatic heterocycles. The SMILES string of the molecule is CCCCNC(=O)CC(C)c1ccccc1. The highest BCUT2D eigenvalue weighted by Crippen LogP contribution is 2.17. The van der Waals surface area contributed by atoms with Crippen molar-refractivity contribution in [1.82, 2.24) is 5.32 Å². The van der Waals surface area contributed by atoms with E-state index in [-0.39, 0.29) is 5.91 Å². The molecule has 0 spiro atoms. The van der Waals surface area contributed by atoms with Crippen LogP contribution < -0.4 is 5.32 Å². The Kier molecular flexibility index (Phi) is 5.62. The second kappa shape index (κ2) is 7.04. The van der Waals surface area contributed by atoms with E-state index in [0.717, 1.165) is 19.4 Å². The second-order valence-corrected chi connectivity index (χ2v) is 4.22. The smallest absolute Gasteiger partial charge is 0.220 e. The Balaban J connectivity index is 2.34. The standard InChI is InChI=1S/C14H21NO/c1-3-4-10-15-14(16)11-12(2)13-8-6-5-7-9-13/h5-9,12H,3-4,10-11H2,1-2H3,(H,15,16). The second-order valence-electron chi connectivity index (χ2n) is 4.22. The van der Waals surface area contributed by atoms with E-state index in [4.69, 9.17) is 0 Å². The van der Waals surface area contributed by atoms with E-state index in [9.17, 15) is 4.79 Å². The normalized spacial score (nSPS) is 12.1. The zero-order valence-corrected chi connectivity index (χ0v) is 10.2. The Morgan fingerprint density at radius 2 is 2.00 bits per heavy atom. The van der Waals surface area contributed by atoms with Crippen LogP contribution in [0.2, 0.25) is 0 Å². The molecule has 0 bridgehead atoms. The van der Waals surface area contributed by atoms with Crippen LogP contribution in [0.1, 0.15) is 44.6 Å². The minimum Gasteiger partial charge on any atom is -0.356 e. The lowest BCUT2D eigenvalue weighted by Gasteiger charge is -2.11. The van der Waals surface area contributed by atoms with E-state index in [1.165, 1.54) is 5.56 Å². The Hall–Kier alpha value is -1.31. The van der Waals surface area contributed by atoms with Gasteiger partial charge in [-0.2, -0.15) is 0 Å². The molecule has 2 heteroatoms. The molecule has 0 heterocycles. The van der Waals surface area contributed by atoms with Crippen molar-refractivity contribution in [1.29, 1.82) is 0 Å². The quantitative estimate of drug-likeness (QED) is 0.732. The molecular formula is C14H21NO. The first-order valence-corrected chi connectivity index (χ1v) is 6.05. The van der Waals surface area contributed by atoms with Gasteiger partial charge in [0.25, 0.3) is 0 Å². The summed E-state index contributed by atoms with van der Waals surface area (Å²) in [5, 5.41) is 2.95. The van der Waals surface area contributed by atoms with Crippen molar-refractivity contribution < 1.29 is 4.79 Å². The molecule has 0 saturated carbocycles. The zero-order chi connectivity index (χ0) is 11.8. The molecule has 1 unspecified atom stereocenters. The molecule has 2 nitrogen and oxygen atoms in total. The summed E-state index contributed by atoms with van der Waals surface area (Å²) in [5.74, 6) is 0.452.